The van der Waals surface area contributed by atoms with Gasteiger partial charge in [0.05, 0.1) is 13.5 Å². The van der Waals surface area contributed by atoms with E-state index >= 15 is 0 Å². The number of nitrogens with one attached hydrogen (secondary N) is 2. The maximum Gasteiger partial charge on any atom is 0.325 e. The number of carboxylic acid groups (broad SMARTS) is 2. The Labute approximate surface area is 120 Å². The second kappa shape index (κ2) is 6.27. The second-order valence-corrected chi connectivity index (χ2v) is 4.52. The molecule has 1 unspecified atom stereocenters. The van der Waals surface area contributed by atoms with Crippen LogP contribution in [0.15, 0.2) is 24.4 Å². The van der Waals surface area contributed by atoms with Gasteiger partial charge in [0.1, 0.15) is 11.8 Å². The summed E-state index contributed by atoms with van der Waals surface area (Å²) in [5.41, 5.74) is 1.33. The molecule has 112 valence electrons. The van der Waals surface area contributed by atoms with Crippen LogP contribution in [-0.4, -0.2) is 40.8 Å². The van der Waals surface area contributed by atoms with Gasteiger partial charge in [-0.15, -0.1) is 0 Å². The molecule has 21 heavy (non-hydrogen) atoms. The van der Waals surface area contributed by atoms with Crippen molar-refractivity contribution in [1.29, 1.82) is 0 Å². The highest BCUT2D eigenvalue weighted by Crippen LogP contribution is 2.28. The van der Waals surface area contributed by atoms with Crippen molar-refractivity contribution in [3.63, 3.8) is 0 Å². The highest BCUT2D eigenvalue weighted by Gasteiger charge is 2.22. The fraction of sp³-hybridized carbons (Fsp3) is 0.286. The van der Waals surface area contributed by atoms with Gasteiger partial charge >= 0.3 is 11.9 Å². The summed E-state index contributed by atoms with van der Waals surface area (Å²) in [6.07, 6.45) is 1.46. The van der Waals surface area contributed by atoms with Gasteiger partial charge in [-0.25, -0.2) is 0 Å². The highest BCUT2D eigenvalue weighted by atomic mass is 16.5. The Morgan fingerprint density at radius 3 is 2.76 bits per heavy atom. The van der Waals surface area contributed by atoms with Gasteiger partial charge in [-0.1, -0.05) is 0 Å². The van der Waals surface area contributed by atoms with Crippen LogP contribution in [0, 0.1) is 0 Å². The normalized spacial score (nSPS) is 12.2. The van der Waals surface area contributed by atoms with Crippen LogP contribution in [0.2, 0.25) is 0 Å². The Bertz CT molecular complexity index is 664. The summed E-state index contributed by atoms with van der Waals surface area (Å²) in [6, 6.07) is 4.34. The molecule has 0 bridgehead atoms. The number of aliphatic carboxylic acids is 2. The van der Waals surface area contributed by atoms with Crippen LogP contribution < -0.4 is 10.1 Å². The monoisotopic (exact) mass is 292 g/mol. The largest absolute Gasteiger partial charge is 0.497 e. The molecule has 1 atom stereocenters. The number of hydrogen-bond acceptors (Lipinski definition) is 4. The molecule has 1 aromatic carbocycles. The van der Waals surface area contributed by atoms with Crippen LogP contribution in [0.25, 0.3) is 10.9 Å². The van der Waals surface area contributed by atoms with Crippen LogP contribution in [-0.2, 0) is 9.59 Å². The Hall–Kier alpha value is -2.54. The average Bonchev–Trinajstić information content (AvgIpc) is 2.85. The number of hydrogen-bond donors (Lipinski definition) is 4. The van der Waals surface area contributed by atoms with Crippen LogP contribution in [0.1, 0.15) is 18.0 Å². The van der Waals surface area contributed by atoms with Gasteiger partial charge in [-0.2, -0.15) is 0 Å². The zero-order valence-electron chi connectivity index (χ0n) is 11.4. The van der Waals surface area contributed by atoms with E-state index in [9.17, 15) is 14.7 Å². The number of H-pyrrole nitrogens is 1. The van der Waals surface area contributed by atoms with E-state index in [1.54, 1.807) is 24.4 Å². The first-order valence-electron chi connectivity index (χ1n) is 6.36. The van der Waals surface area contributed by atoms with Gasteiger partial charge in [-0.3, -0.25) is 9.59 Å². The first-order chi connectivity index (χ1) is 10.0. The first-order valence-corrected chi connectivity index (χ1v) is 6.36. The zero-order chi connectivity index (χ0) is 15.4. The van der Waals surface area contributed by atoms with E-state index in [0.29, 0.717) is 11.3 Å². The lowest BCUT2D eigenvalue weighted by Crippen LogP contribution is -2.30. The fourth-order valence-electron chi connectivity index (χ4n) is 2.14. The number of benzene rings is 1. The van der Waals surface area contributed by atoms with Crippen molar-refractivity contribution >= 4 is 22.8 Å². The van der Waals surface area contributed by atoms with Crippen LogP contribution in [0.5, 0.6) is 5.75 Å². The molecule has 0 aliphatic rings. The van der Waals surface area contributed by atoms with E-state index in [4.69, 9.17) is 9.84 Å². The smallest absolute Gasteiger partial charge is 0.325 e. The quantitative estimate of drug-likeness (QED) is 0.613. The molecule has 2 aromatic rings. The molecule has 0 fully saturated rings. The Morgan fingerprint density at radius 2 is 2.14 bits per heavy atom. The molecule has 0 spiro atoms. The summed E-state index contributed by atoms with van der Waals surface area (Å²) in [6.45, 7) is 0.0724. The Kier molecular flexibility index (Phi) is 4.44. The lowest BCUT2D eigenvalue weighted by atomic mass is 10.1. The number of aromatic amines is 1. The van der Waals surface area contributed by atoms with Gasteiger partial charge in [0.2, 0.25) is 0 Å². The van der Waals surface area contributed by atoms with Crippen LogP contribution in [0.3, 0.4) is 0 Å². The molecular formula is C14H16N2O5. The third-order valence-electron chi connectivity index (χ3n) is 3.17. The maximum absolute atomic E-state index is 11.4. The molecule has 0 aliphatic carbocycles. The summed E-state index contributed by atoms with van der Waals surface area (Å²) < 4.78 is 5.14. The molecule has 0 saturated carbocycles. The van der Waals surface area contributed by atoms with E-state index < -0.39 is 18.0 Å². The topological polar surface area (TPSA) is 112 Å². The number of fused-ring (bicyclic) bond motifs is 1. The predicted octanol–water partition coefficient (Wildman–Crippen LogP) is 1.37. The van der Waals surface area contributed by atoms with E-state index in [1.165, 1.54) is 7.11 Å². The van der Waals surface area contributed by atoms with E-state index in [-0.39, 0.29) is 13.0 Å². The van der Waals surface area contributed by atoms with Crippen molar-refractivity contribution in [1.82, 2.24) is 10.3 Å². The molecule has 4 N–H and O–H groups in total. The lowest BCUT2D eigenvalue weighted by molar-refractivity contribution is -0.141. The molecule has 1 heterocycles. The van der Waals surface area contributed by atoms with Crippen molar-refractivity contribution in [2.24, 2.45) is 0 Å². The average molecular weight is 292 g/mol. The minimum Gasteiger partial charge on any atom is -0.497 e. The van der Waals surface area contributed by atoms with Crippen LogP contribution >= 0.6 is 0 Å². The van der Waals surface area contributed by atoms with E-state index in [2.05, 4.69) is 10.3 Å². The standard InChI is InChI=1S/C14H16N2O5/c1-21-8-2-3-11-9(6-8)10(7-16-11)13(14(19)20)15-5-4-12(17)18/h2-3,6-7,13,15-16H,4-5H2,1H3,(H,17,18)(H,19,20). The molecule has 7 heteroatoms. The van der Waals surface area contributed by atoms with Gasteiger partial charge in [0.15, 0.2) is 0 Å². The minimum absolute atomic E-state index is 0.0724. The highest BCUT2D eigenvalue weighted by molar-refractivity contribution is 5.90. The van der Waals surface area contributed by atoms with Gasteiger partial charge in [0.25, 0.3) is 0 Å². The Balaban J connectivity index is 2.31. The second-order valence-electron chi connectivity index (χ2n) is 4.52. The van der Waals surface area contributed by atoms with Crippen molar-refractivity contribution in [3.8, 4) is 5.75 Å². The molecule has 7 nitrogen and oxygen atoms in total. The van der Waals surface area contributed by atoms with Gasteiger partial charge in [0, 0.05) is 29.2 Å². The Morgan fingerprint density at radius 1 is 1.38 bits per heavy atom. The number of carbonyl (C=O) groups is 2. The third kappa shape index (κ3) is 3.32. The SMILES string of the molecule is COc1ccc2[nH]cc(C(NCCC(=O)O)C(=O)O)c2c1. The van der Waals surface area contributed by atoms with Crippen molar-refractivity contribution in [2.45, 2.75) is 12.5 Å². The summed E-state index contributed by atoms with van der Waals surface area (Å²) in [7, 11) is 1.54. The molecular weight excluding hydrogens is 276 g/mol. The first kappa shape index (κ1) is 14.9. The lowest BCUT2D eigenvalue weighted by Gasteiger charge is -2.13. The van der Waals surface area contributed by atoms with E-state index in [1.807, 2.05) is 0 Å². The molecule has 0 amide bonds. The van der Waals surface area contributed by atoms with Gasteiger partial charge < -0.3 is 25.3 Å². The van der Waals surface area contributed by atoms with Crippen molar-refractivity contribution in [2.75, 3.05) is 13.7 Å². The number of carboxylic acids is 2. The number of ether oxygens (including phenoxy) is 1. The summed E-state index contributed by atoms with van der Waals surface area (Å²) in [4.78, 5) is 24.9. The number of aromatic nitrogens is 1. The molecule has 0 radical (unpaired) electrons. The fourth-order valence-corrected chi connectivity index (χ4v) is 2.14. The summed E-state index contributed by atoms with van der Waals surface area (Å²) >= 11 is 0. The molecule has 2 rings (SSSR count). The predicted molar refractivity (Wildman–Crippen MR) is 75.5 cm³/mol. The molecule has 0 saturated heterocycles. The minimum atomic E-state index is -1.07. The van der Waals surface area contributed by atoms with Gasteiger partial charge in [-0.05, 0) is 18.2 Å². The zero-order valence-corrected chi connectivity index (χ0v) is 11.4. The summed E-state index contributed by atoms with van der Waals surface area (Å²) in [5.74, 6) is -1.42. The third-order valence-corrected chi connectivity index (χ3v) is 3.17. The van der Waals surface area contributed by atoms with Crippen molar-refractivity contribution in [3.05, 3.63) is 30.0 Å². The van der Waals surface area contributed by atoms with Crippen LogP contribution in [0.4, 0.5) is 0 Å². The maximum atomic E-state index is 11.4. The molecule has 0 aliphatic heterocycles. The molecule has 1 aromatic heterocycles. The van der Waals surface area contributed by atoms with E-state index in [0.717, 1.165) is 10.9 Å². The summed E-state index contributed by atoms with van der Waals surface area (Å²) in [5, 5.41) is 21.4. The number of methoxy groups -OCH3 is 1. The number of rotatable bonds is 7. The van der Waals surface area contributed by atoms with Crippen molar-refractivity contribution < 1.29 is 24.5 Å².